The van der Waals surface area contributed by atoms with E-state index in [1.54, 1.807) is 0 Å². The van der Waals surface area contributed by atoms with Gasteiger partial charge in [-0.25, -0.2) is 4.79 Å². The Morgan fingerprint density at radius 1 is 1.17 bits per heavy atom. The van der Waals surface area contributed by atoms with E-state index < -0.39 is 0 Å². The normalized spacial score (nSPS) is 19.6. The second-order valence-electron chi connectivity index (χ2n) is 5.83. The molecule has 1 fully saturated rings. The maximum absolute atomic E-state index is 11.6. The first-order chi connectivity index (χ1) is 8.63. The van der Waals surface area contributed by atoms with Gasteiger partial charge in [-0.05, 0) is 31.1 Å². The van der Waals surface area contributed by atoms with Crippen molar-refractivity contribution in [2.24, 2.45) is 11.8 Å². The van der Waals surface area contributed by atoms with Gasteiger partial charge >= 0.3 is 5.97 Å². The summed E-state index contributed by atoms with van der Waals surface area (Å²) in [6.45, 7) is 4.92. The van der Waals surface area contributed by atoms with Gasteiger partial charge in [-0.15, -0.1) is 0 Å². The van der Waals surface area contributed by atoms with Crippen molar-refractivity contribution >= 4 is 5.97 Å². The molecule has 1 saturated carbocycles. The van der Waals surface area contributed by atoms with Crippen LogP contribution >= 0.6 is 0 Å². The summed E-state index contributed by atoms with van der Waals surface area (Å²) in [5, 5.41) is 0. The molecule has 1 atom stereocenters. The second kappa shape index (κ2) is 8.52. The van der Waals surface area contributed by atoms with Gasteiger partial charge in [0.1, 0.15) is 0 Å². The topological polar surface area (TPSA) is 35.5 Å². The fourth-order valence-corrected chi connectivity index (χ4v) is 2.57. The minimum Gasteiger partial charge on any atom is -0.467 e. The van der Waals surface area contributed by atoms with Crippen LogP contribution in [0, 0.1) is 11.8 Å². The van der Waals surface area contributed by atoms with Crippen LogP contribution in [0.4, 0.5) is 0 Å². The van der Waals surface area contributed by atoms with Crippen molar-refractivity contribution < 1.29 is 14.3 Å². The molecule has 3 nitrogen and oxygen atoms in total. The average Bonchev–Trinajstić information content (AvgIpc) is 2.61. The van der Waals surface area contributed by atoms with Crippen molar-refractivity contribution in [3.05, 3.63) is 0 Å². The Bertz CT molecular complexity index is 230. The highest BCUT2D eigenvalue weighted by Gasteiger charge is 2.23. The van der Waals surface area contributed by atoms with Crippen molar-refractivity contribution in [3.63, 3.8) is 0 Å². The monoisotopic (exact) mass is 256 g/mol. The number of ether oxygens (including phenoxy) is 2. The standard InChI is InChI=1S/C15H28O3/c1-12(2)10-14(15(16)17-3)18-11-13-8-6-4-5-7-9-13/h12-14H,4-11H2,1-3H3/t14-/m1/s1. The van der Waals surface area contributed by atoms with Gasteiger partial charge in [0.2, 0.25) is 0 Å². The van der Waals surface area contributed by atoms with Crippen molar-refractivity contribution in [2.45, 2.75) is 64.9 Å². The molecule has 0 aromatic rings. The molecule has 0 saturated heterocycles. The third-order valence-corrected chi connectivity index (χ3v) is 3.66. The van der Waals surface area contributed by atoms with Gasteiger partial charge in [-0.3, -0.25) is 0 Å². The molecular weight excluding hydrogens is 228 g/mol. The Morgan fingerprint density at radius 3 is 2.28 bits per heavy atom. The summed E-state index contributed by atoms with van der Waals surface area (Å²) in [7, 11) is 1.44. The van der Waals surface area contributed by atoms with Crippen LogP contribution in [-0.4, -0.2) is 25.8 Å². The molecule has 0 amide bonds. The van der Waals surface area contributed by atoms with E-state index in [9.17, 15) is 4.79 Å². The Hall–Kier alpha value is -0.570. The summed E-state index contributed by atoms with van der Waals surface area (Å²) < 4.78 is 10.6. The lowest BCUT2D eigenvalue weighted by molar-refractivity contribution is -0.156. The summed E-state index contributed by atoms with van der Waals surface area (Å²) in [5.41, 5.74) is 0. The Morgan fingerprint density at radius 2 is 1.78 bits per heavy atom. The minimum atomic E-state index is -0.377. The van der Waals surface area contributed by atoms with Crippen LogP contribution in [0.15, 0.2) is 0 Å². The summed E-state index contributed by atoms with van der Waals surface area (Å²) in [5.74, 6) is 0.854. The number of esters is 1. The summed E-state index contributed by atoms with van der Waals surface area (Å²) in [6.07, 6.45) is 8.18. The average molecular weight is 256 g/mol. The predicted molar refractivity (Wildman–Crippen MR) is 72.4 cm³/mol. The summed E-state index contributed by atoms with van der Waals surface area (Å²) >= 11 is 0. The van der Waals surface area contributed by atoms with E-state index in [0.29, 0.717) is 18.4 Å². The molecule has 1 aliphatic rings. The zero-order chi connectivity index (χ0) is 13.4. The van der Waals surface area contributed by atoms with Gasteiger partial charge < -0.3 is 9.47 Å². The molecule has 106 valence electrons. The lowest BCUT2D eigenvalue weighted by Gasteiger charge is -2.21. The SMILES string of the molecule is COC(=O)[C@@H](CC(C)C)OCC1CCCCCC1. The zero-order valence-electron chi connectivity index (χ0n) is 12.1. The third kappa shape index (κ3) is 5.85. The molecule has 0 heterocycles. The maximum atomic E-state index is 11.6. The van der Waals surface area contributed by atoms with Crippen LogP contribution in [-0.2, 0) is 14.3 Å². The Kier molecular flexibility index (Phi) is 7.33. The van der Waals surface area contributed by atoms with Crippen molar-refractivity contribution in [1.82, 2.24) is 0 Å². The molecule has 1 aliphatic carbocycles. The smallest absolute Gasteiger partial charge is 0.334 e. The first-order valence-electron chi connectivity index (χ1n) is 7.33. The molecule has 1 rings (SSSR count). The number of carbonyl (C=O) groups excluding carboxylic acids is 1. The number of rotatable bonds is 6. The van der Waals surface area contributed by atoms with Gasteiger partial charge in [0.05, 0.1) is 13.7 Å². The van der Waals surface area contributed by atoms with Crippen molar-refractivity contribution in [2.75, 3.05) is 13.7 Å². The molecule has 0 aromatic carbocycles. The van der Waals surface area contributed by atoms with Crippen molar-refractivity contribution in [3.8, 4) is 0 Å². The largest absolute Gasteiger partial charge is 0.467 e. The molecule has 0 spiro atoms. The molecule has 0 unspecified atom stereocenters. The summed E-state index contributed by atoms with van der Waals surface area (Å²) in [6, 6.07) is 0. The van der Waals surface area contributed by atoms with E-state index in [1.807, 2.05) is 0 Å². The lowest BCUT2D eigenvalue weighted by Crippen LogP contribution is -2.29. The van der Waals surface area contributed by atoms with E-state index in [4.69, 9.17) is 9.47 Å². The molecule has 0 N–H and O–H groups in total. The number of hydrogen-bond acceptors (Lipinski definition) is 3. The number of hydrogen-bond donors (Lipinski definition) is 0. The van der Waals surface area contributed by atoms with Gasteiger partial charge in [0.25, 0.3) is 0 Å². The van der Waals surface area contributed by atoms with Gasteiger partial charge in [-0.2, -0.15) is 0 Å². The van der Waals surface area contributed by atoms with E-state index in [-0.39, 0.29) is 12.1 Å². The highest BCUT2D eigenvalue weighted by Crippen LogP contribution is 2.24. The first kappa shape index (κ1) is 15.5. The van der Waals surface area contributed by atoms with Crippen LogP contribution in [0.2, 0.25) is 0 Å². The second-order valence-corrected chi connectivity index (χ2v) is 5.83. The minimum absolute atomic E-state index is 0.225. The Balaban J connectivity index is 2.37. The number of carbonyl (C=O) groups is 1. The van der Waals surface area contributed by atoms with Gasteiger partial charge in [0.15, 0.2) is 6.10 Å². The van der Waals surface area contributed by atoms with Crippen LogP contribution in [0.3, 0.4) is 0 Å². The van der Waals surface area contributed by atoms with Crippen LogP contribution in [0.1, 0.15) is 58.8 Å². The summed E-state index contributed by atoms with van der Waals surface area (Å²) in [4.78, 5) is 11.6. The predicted octanol–water partition coefficient (Wildman–Crippen LogP) is 3.56. The molecule has 0 aliphatic heterocycles. The van der Waals surface area contributed by atoms with E-state index in [1.165, 1.54) is 45.6 Å². The Labute approximate surface area is 111 Å². The van der Waals surface area contributed by atoms with Gasteiger partial charge in [-0.1, -0.05) is 39.5 Å². The van der Waals surface area contributed by atoms with Crippen molar-refractivity contribution in [1.29, 1.82) is 0 Å². The fraction of sp³-hybridized carbons (Fsp3) is 0.933. The van der Waals surface area contributed by atoms with Crippen LogP contribution in [0.25, 0.3) is 0 Å². The molecular formula is C15H28O3. The van der Waals surface area contributed by atoms with Gasteiger partial charge in [0, 0.05) is 0 Å². The first-order valence-corrected chi connectivity index (χ1v) is 7.33. The molecule has 0 aromatic heterocycles. The lowest BCUT2D eigenvalue weighted by atomic mass is 10.0. The molecule has 3 heteroatoms. The zero-order valence-corrected chi connectivity index (χ0v) is 12.1. The third-order valence-electron chi connectivity index (χ3n) is 3.66. The van der Waals surface area contributed by atoms with E-state index >= 15 is 0 Å². The molecule has 0 bridgehead atoms. The van der Waals surface area contributed by atoms with Crippen LogP contribution < -0.4 is 0 Å². The highest BCUT2D eigenvalue weighted by atomic mass is 16.6. The molecule has 0 radical (unpaired) electrons. The van der Waals surface area contributed by atoms with E-state index in [2.05, 4.69) is 13.8 Å². The number of methoxy groups -OCH3 is 1. The highest BCUT2D eigenvalue weighted by molar-refractivity contribution is 5.74. The quantitative estimate of drug-likeness (QED) is 0.538. The van der Waals surface area contributed by atoms with Crippen LogP contribution in [0.5, 0.6) is 0 Å². The molecule has 18 heavy (non-hydrogen) atoms. The maximum Gasteiger partial charge on any atom is 0.334 e. The van der Waals surface area contributed by atoms with E-state index in [0.717, 1.165) is 6.42 Å². The fourth-order valence-electron chi connectivity index (χ4n) is 2.57.